The van der Waals surface area contributed by atoms with Crippen molar-refractivity contribution in [1.29, 1.82) is 0 Å². The van der Waals surface area contributed by atoms with Gasteiger partial charge in [-0.1, -0.05) is 51.0 Å². The molecular formula is C33H45FN4O2. The van der Waals surface area contributed by atoms with Crippen LogP contribution in [-0.4, -0.2) is 46.9 Å². The number of hydrogen-bond acceptors (Lipinski definition) is 4. The lowest BCUT2D eigenvalue weighted by atomic mass is 9.74. The highest BCUT2D eigenvalue weighted by Gasteiger charge is 2.49. The normalized spacial score (nSPS) is 22.2. The number of carbonyl (C=O) groups excluding carboxylic acids is 2. The first-order valence-electron chi connectivity index (χ1n) is 15.5. The van der Waals surface area contributed by atoms with Crippen molar-refractivity contribution in [3.63, 3.8) is 0 Å². The summed E-state index contributed by atoms with van der Waals surface area (Å²) in [5.41, 5.74) is 2.64. The maximum Gasteiger partial charge on any atom is 0.253 e. The average Bonchev–Trinajstić information content (AvgIpc) is 3.35. The second kappa shape index (κ2) is 13.1. The standard InChI is InChI=1S/C33H45FN4O2/c1-24-12-13-26(21-29(24)34)31(39)38-19-15-25(16-20-38)9-7-8-17-36-32(40)33(28-10-5-3-2-4-6-11-28)22-27-23-35-18-14-30(27)37-33/h12-14,18,21,23,25,28,37H,2-11,15-17,19-20,22H2,1H3,(H,36,40). The van der Waals surface area contributed by atoms with Gasteiger partial charge in [0.25, 0.3) is 5.91 Å². The molecule has 216 valence electrons. The number of amides is 2. The van der Waals surface area contributed by atoms with Gasteiger partial charge in [-0.15, -0.1) is 0 Å². The van der Waals surface area contributed by atoms with Gasteiger partial charge in [0.2, 0.25) is 5.91 Å². The predicted molar refractivity (Wildman–Crippen MR) is 157 cm³/mol. The van der Waals surface area contributed by atoms with Gasteiger partial charge < -0.3 is 15.5 Å². The van der Waals surface area contributed by atoms with Gasteiger partial charge in [-0.25, -0.2) is 4.39 Å². The van der Waals surface area contributed by atoms with Gasteiger partial charge in [-0.3, -0.25) is 14.6 Å². The van der Waals surface area contributed by atoms with E-state index in [0.29, 0.717) is 29.5 Å². The highest BCUT2D eigenvalue weighted by atomic mass is 19.1. The second-order valence-electron chi connectivity index (χ2n) is 12.3. The number of aryl methyl sites for hydroxylation is 1. The zero-order valence-corrected chi connectivity index (χ0v) is 24.0. The zero-order chi connectivity index (χ0) is 28.0. The second-order valence-corrected chi connectivity index (χ2v) is 12.3. The van der Waals surface area contributed by atoms with Gasteiger partial charge in [0.05, 0.1) is 0 Å². The summed E-state index contributed by atoms with van der Waals surface area (Å²) in [6.45, 7) is 3.85. The topological polar surface area (TPSA) is 74.3 Å². The molecule has 1 saturated carbocycles. The Morgan fingerprint density at radius 1 is 1.05 bits per heavy atom. The lowest BCUT2D eigenvalue weighted by Gasteiger charge is -2.38. The molecule has 0 radical (unpaired) electrons. The van der Waals surface area contributed by atoms with Crippen molar-refractivity contribution in [1.82, 2.24) is 15.2 Å². The average molecular weight is 549 g/mol. The number of likely N-dealkylation sites (tertiary alicyclic amines) is 1. The van der Waals surface area contributed by atoms with Crippen LogP contribution in [0.2, 0.25) is 0 Å². The predicted octanol–water partition coefficient (Wildman–Crippen LogP) is 6.44. The smallest absolute Gasteiger partial charge is 0.253 e. The Balaban J connectivity index is 1.07. The number of anilines is 1. The van der Waals surface area contributed by atoms with E-state index in [1.54, 1.807) is 25.3 Å². The molecule has 1 aliphatic carbocycles. The summed E-state index contributed by atoms with van der Waals surface area (Å²) < 4.78 is 13.9. The Morgan fingerprint density at radius 3 is 2.52 bits per heavy atom. The van der Waals surface area contributed by atoms with Crippen molar-refractivity contribution < 1.29 is 14.0 Å². The zero-order valence-electron chi connectivity index (χ0n) is 24.0. The summed E-state index contributed by atoms with van der Waals surface area (Å²) >= 11 is 0. The van der Waals surface area contributed by atoms with Crippen molar-refractivity contribution in [3.05, 3.63) is 59.2 Å². The minimum absolute atomic E-state index is 0.0725. The molecule has 5 rings (SSSR count). The van der Waals surface area contributed by atoms with E-state index < -0.39 is 5.54 Å². The van der Waals surface area contributed by atoms with E-state index >= 15 is 0 Å². The molecule has 1 atom stereocenters. The van der Waals surface area contributed by atoms with Crippen LogP contribution in [0.25, 0.3) is 0 Å². The van der Waals surface area contributed by atoms with E-state index in [1.165, 1.54) is 38.2 Å². The van der Waals surface area contributed by atoms with Crippen molar-refractivity contribution in [2.75, 3.05) is 25.0 Å². The number of benzene rings is 1. The van der Waals surface area contributed by atoms with Crippen molar-refractivity contribution in [2.45, 2.75) is 95.9 Å². The fourth-order valence-corrected chi connectivity index (χ4v) is 7.04. The summed E-state index contributed by atoms with van der Waals surface area (Å²) in [5.74, 6) is 0.679. The fourth-order valence-electron chi connectivity index (χ4n) is 7.04. The maximum atomic E-state index is 13.9. The summed E-state index contributed by atoms with van der Waals surface area (Å²) in [6, 6.07) is 6.76. The summed E-state index contributed by atoms with van der Waals surface area (Å²) in [6.07, 6.45) is 18.0. The molecule has 1 saturated heterocycles. The number of unbranched alkanes of at least 4 members (excludes halogenated alkanes) is 1. The van der Waals surface area contributed by atoms with Crippen LogP contribution in [0.3, 0.4) is 0 Å². The Labute approximate surface area is 238 Å². The number of hydrogen-bond donors (Lipinski definition) is 2. The number of piperidine rings is 1. The number of carbonyl (C=O) groups is 2. The lowest BCUT2D eigenvalue weighted by molar-refractivity contribution is -0.127. The quantitative estimate of drug-likeness (QED) is 0.373. The number of halogens is 1. The Kier molecular flexibility index (Phi) is 9.38. The van der Waals surface area contributed by atoms with Crippen LogP contribution in [0.1, 0.15) is 98.5 Å². The molecule has 6 nitrogen and oxygen atoms in total. The molecule has 3 aliphatic rings. The van der Waals surface area contributed by atoms with E-state index in [-0.39, 0.29) is 17.6 Å². The van der Waals surface area contributed by atoms with Crippen LogP contribution in [0, 0.1) is 24.6 Å². The first-order chi connectivity index (χ1) is 19.5. The molecule has 2 fully saturated rings. The Hall–Kier alpha value is -2.96. The van der Waals surface area contributed by atoms with E-state index in [2.05, 4.69) is 15.6 Å². The highest BCUT2D eigenvalue weighted by Crippen LogP contribution is 2.42. The molecule has 2 aromatic rings. The highest BCUT2D eigenvalue weighted by molar-refractivity contribution is 5.94. The van der Waals surface area contributed by atoms with Crippen LogP contribution in [0.5, 0.6) is 0 Å². The van der Waals surface area contributed by atoms with E-state index in [1.807, 2.05) is 17.2 Å². The molecule has 0 bridgehead atoms. The van der Waals surface area contributed by atoms with E-state index in [4.69, 9.17) is 0 Å². The Bertz CT molecular complexity index is 1140. The molecule has 3 heterocycles. The van der Waals surface area contributed by atoms with Crippen LogP contribution >= 0.6 is 0 Å². The van der Waals surface area contributed by atoms with E-state index in [9.17, 15) is 14.0 Å². The molecular weight excluding hydrogens is 503 g/mol. The van der Waals surface area contributed by atoms with Gasteiger partial charge in [-0.2, -0.15) is 0 Å². The monoisotopic (exact) mass is 548 g/mol. The van der Waals surface area contributed by atoms with Gasteiger partial charge in [0, 0.05) is 49.7 Å². The van der Waals surface area contributed by atoms with Gasteiger partial charge in [0.15, 0.2) is 0 Å². The lowest BCUT2D eigenvalue weighted by Crippen LogP contribution is -2.57. The Morgan fingerprint density at radius 2 is 1.80 bits per heavy atom. The third-order valence-electron chi connectivity index (χ3n) is 9.58. The molecule has 1 aromatic heterocycles. The number of rotatable bonds is 8. The fraction of sp³-hybridized carbons (Fsp3) is 0.606. The van der Waals surface area contributed by atoms with Crippen LogP contribution in [-0.2, 0) is 11.2 Å². The van der Waals surface area contributed by atoms with Crippen molar-refractivity contribution >= 4 is 17.5 Å². The third-order valence-corrected chi connectivity index (χ3v) is 9.58. The summed E-state index contributed by atoms with van der Waals surface area (Å²) in [4.78, 5) is 32.8. The van der Waals surface area contributed by atoms with Crippen molar-refractivity contribution in [3.8, 4) is 0 Å². The molecule has 1 unspecified atom stereocenters. The molecule has 2 N–H and O–H groups in total. The van der Waals surface area contributed by atoms with Gasteiger partial charge >= 0.3 is 0 Å². The largest absolute Gasteiger partial charge is 0.370 e. The SMILES string of the molecule is Cc1ccc(C(=O)N2CCC(CCCCNC(=O)C3(C4CCCCCCC4)Cc4cnccc4N3)CC2)cc1F. The minimum Gasteiger partial charge on any atom is -0.370 e. The minimum atomic E-state index is -0.567. The number of pyridine rings is 1. The molecule has 0 spiro atoms. The van der Waals surface area contributed by atoms with Crippen molar-refractivity contribution in [2.24, 2.45) is 11.8 Å². The van der Waals surface area contributed by atoms with Gasteiger partial charge in [-0.05, 0) is 80.2 Å². The maximum absolute atomic E-state index is 13.9. The first-order valence-corrected chi connectivity index (χ1v) is 15.5. The molecule has 2 aliphatic heterocycles. The first kappa shape index (κ1) is 28.6. The third kappa shape index (κ3) is 6.50. The van der Waals surface area contributed by atoms with E-state index in [0.717, 1.165) is 75.7 Å². The number of fused-ring (bicyclic) bond motifs is 1. The van der Waals surface area contributed by atoms with Gasteiger partial charge in [0.1, 0.15) is 11.4 Å². The number of aromatic nitrogens is 1. The molecule has 7 heteroatoms. The summed E-state index contributed by atoms with van der Waals surface area (Å²) in [5, 5.41) is 7.00. The van der Waals surface area contributed by atoms with Crippen LogP contribution in [0.4, 0.5) is 10.1 Å². The molecule has 40 heavy (non-hydrogen) atoms. The number of nitrogens with zero attached hydrogens (tertiary/aromatic N) is 2. The molecule has 2 amide bonds. The van der Waals surface area contributed by atoms with Crippen LogP contribution < -0.4 is 10.6 Å². The van der Waals surface area contributed by atoms with Crippen LogP contribution in [0.15, 0.2) is 36.7 Å². The summed E-state index contributed by atoms with van der Waals surface area (Å²) in [7, 11) is 0. The molecule has 1 aromatic carbocycles. The number of nitrogens with one attached hydrogen (secondary N) is 2.